The van der Waals surface area contributed by atoms with Crippen molar-refractivity contribution in [1.29, 1.82) is 0 Å². The summed E-state index contributed by atoms with van der Waals surface area (Å²) in [5.74, 6) is 1.19. The lowest BCUT2D eigenvalue weighted by Gasteiger charge is -2.20. The van der Waals surface area contributed by atoms with Gasteiger partial charge in [0, 0.05) is 83.5 Å². The van der Waals surface area contributed by atoms with Crippen LogP contribution in [-0.2, 0) is 9.59 Å². The summed E-state index contributed by atoms with van der Waals surface area (Å²) >= 11 is 14.2. The Hall–Kier alpha value is -4.22. The smallest absolute Gasteiger partial charge is 0.220 e. The van der Waals surface area contributed by atoms with Crippen LogP contribution in [0.25, 0.3) is 33.6 Å². The molecule has 4 N–H and O–H groups in total. The molecule has 12 heteroatoms. The molecule has 2 aliphatic heterocycles. The Bertz CT molecular complexity index is 1750. The second-order valence-electron chi connectivity index (χ2n) is 12.8. The number of carbonyl (C=O) groups is 2. The maximum atomic E-state index is 11.6. The number of pyridine rings is 2. The first-order valence-corrected chi connectivity index (χ1v) is 17.7. The molecule has 0 bridgehead atoms. The van der Waals surface area contributed by atoms with Gasteiger partial charge in [0.2, 0.25) is 23.6 Å². The summed E-state index contributed by atoms with van der Waals surface area (Å²) in [6.45, 7) is 5.42. The highest BCUT2D eigenvalue weighted by atomic mass is 35.5. The summed E-state index contributed by atoms with van der Waals surface area (Å²) in [7, 11) is 3.21. The number of halogens is 2. The highest BCUT2D eigenvalue weighted by Gasteiger charge is 2.24. The Balaban J connectivity index is 1.23. The molecule has 2 amide bonds. The molecule has 0 unspecified atom stereocenters. The van der Waals surface area contributed by atoms with Gasteiger partial charge in [-0.05, 0) is 51.0 Å². The van der Waals surface area contributed by atoms with Gasteiger partial charge >= 0.3 is 0 Å². The average molecular weight is 718 g/mol. The van der Waals surface area contributed by atoms with Crippen LogP contribution in [0.4, 0.5) is 0 Å². The number of hydrogen-bond donors (Lipinski definition) is 4. The lowest BCUT2D eigenvalue weighted by Crippen LogP contribution is -2.36. The summed E-state index contributed by atoms with van der Waals surface area (Å²) in [6.07, 6.45) is 2.78. The molecule has 0 radical (unpaired) electrons. The summed E-state index contributed by atoms with van der Waals surface area (Å²) in [5.41, 5.74) is 6.15. The van der Waals surface area contributed by atoms with E-state index in [2.05, 4.69) is 21.3 Å². The molecule has 6 rings (SSSR count). The predicted octanol–water partition coefficient (Wildman–Crippen LogP) is 6.66. The lowest BCUT2D eigenvalue weighted by atomic mass is 9.97. The molecule has 2 fully saturated rings. The number of ether oxygens (including phenoxy) is 2. The SMILES string of the molecule is COc1nc(-c2cccc(-c3cccc(-c4ccc([C@@H](C)NC[C@@H]5CCC(=O)N5)c(OC)n4)c3Cl)c2Cl)ccc1[C@@H](C)NC[C@@H]1CCC(=O)N1. The van der Waals surface area contributed by atoms with E-state index in [1.165, 1.54) is 0 Å². The third-order valence-corrected chi connectivity index (χ3v) is 10.3. The van der Waals surface area contributed by atoms with Crippen LogP contribution in [0.1, 0.15) is 62.7 Å². The van der Waals surface area contributed by atoms with Crippen molar-refractivity contribution >= 4 is 35.0 Å². The number of aromatic nitrogens is 2. The Morgan fingerprint density at radius 3 is 1.44 bits per heavy atom. The summed E-state index contributed by atoms with van der Waals surface area (Å²) in [4.78, 5) is 32.9. The first-order chi connectivity index (χ1) is 24.2. The van der Waals surface area contributed by atoms with Crippen LogP contribution in [-0.4, -0.2) is 61.2 Å². The van der Waals surface area contributed by atoms with Crippen LogP contribution < -0.4 is 30.7 Å². The number of carbonyl (C=O) groups excluding carboxylic acids is 2. The van der Waals surface area contributed by atoms with E-state index in [0.29, 0.717) is 59.1 Å². The van der Waals surface area contributed by atoms with E-state index >= 15 is 0 Å². The molecule has 262 valence electrons. The maximum absolute atomic E-state index is 11.6. The van der Waals surface area contributed by atoms with Crippen molar-refractivity contribution in [2.45, 2.75) is 63.7 Å². The van der Waals surface area contributed by atoms with Crippen LogP contribution in [0.2, 0.25) is 10.0 Å². The highest BCUT2D eigenvalue weighted by Crippen LogP contribution is 2.43. The van der Waals surface area contributed by atoms with Crippen molar-refractivity contribution in [3.8, 4) is 45.4 Å². The number of rotatable bonds is 13. The molecule has 50 heavy (non-hydrogen) atoms. The van der Waals surface area contributed by atoms with Crippen LogP contribution in [0.3, 0.4) is 0 Å². The van der Waals surface area contributed by atoms with Gasteiger partial charge in [0.15, 0.2) is 0 Å². The minimum atomic E-state index is -0.0469. The van der Waals surface area contributed by atoms with Gasteiger partial charge in [0.1, 0.15) is 0 Å². The number of methoxy groups -OCH3 is 2. The normalized spacial score (nSPS) is 18.4. The Morgan fingerprint density at radius 1 is 0.680 bits per heavy atom. The number of amides is 2. The molecule has 2 aromatic carbocycles. The molecular weight excluding hydrogens is 675 g/mol. The largest absolute Gasteiger partial charge is 0.481 e. The monoisotopic (exact) mass is 716 g/mol. The zero-order valence-corrected chi connectivity index (χ0v) is 30.1. The van der Waals surface area contributed by atoms with Crippen molar-refractivity contribution < 1.29 is 19.1 Å². The Labute approximate surface area is 302 Å². The zero-order chi connectivity index (χ0) is 35.4. The summed E-state index contributed by atoms with van der Waals surface area (Å²) < 4.78 is 11.4. The average Bonchev–Trinajstić information content (AvgIpc) is 3.76. The number of hydrogen-bond acceptors (Lipinski definition) is 8. The van der Waals surface area contributed by atoms with E-state index in [1.807, 2.05) is 74.5 Å². The zero-order valence-electron chi connectivity index (χ0n) is 28.6. The minimum absolute atomic E-state index is 0.0469. The first kappa shape index (κ1) is 35.6. The number of benzene rings is 2. The molecule has 4 aromatic rings. The third kappa shape index (κ3) is 7.73. The second kappa shape index (κ2) is 15.8. The fraction of sp³-hybridized carbons (Fsp3) is 0.368. The van der Waals surface area contributed by atoms with Gasteiger partial charge in [0.05, 0.1) is 35.7 Å². The van der Waals surface area contributed by atoms with Crippen molar-refractivity contribution in [1.82, 2.24) is 31.2 Å². The third-order valence-electron chi connectivity index (χ3n) is 9.45. The standard InChI is InChI=1S/C38H42Cl2N6O4/c1-21(41-19-23-11-17-33(47)43-23)25-13-15-31(45-37(25)49-3)29-9-5-7-27(35(29)39)28-8-6-10-30(36(28)40)32-16-14-26(38(46-32)50-4)22(2)42-20-24-12-18-34(48)44-24/h5-10,13-16,21-24,41-42H,11-12,17-20H2,1-4H3,(H,43,47)(H,44,48)/t21-,22-,23+,24+/m1/s1. The van der Waals surface area contributed by atoms with Gasteiger partial charge in [-0.25, -0.2) is 9.97 Å². The maximum Gasteiger partial charge on any atom is 0.220 e. The van der Waals surface area contributed by atoms with E-state index in [9.17, 15) is 9.59 Å². The first-order valence-electron chi connectivity index (χ1n) is 16.9. The van der Waals surface area contributed by atoms with Crippen molar-refractivity contribution in [2.75, 3.05) is 27.3 Å². The van der Waals surface area contributed by atoms with Crippen LogP contribution >= 0.6 is 23.2 Å². The highest BCUT2D eigenvalue weighted by molar-refractivity contribution is 6.39. The molecule has 2 saturated heterocycles. The van der Waals surface area contributed by atoms with Crippen molar-refractivity contribution in [2.24, 2.45) is 0 Å². The van der Waals surface area contributed by atoms with Gasteiger partial charge in [-0.1, -0.05) is 59.6 Å². The van der Waals surface area contributed by atoms with E-state index in [1.54, 1.807) is 14.2 Å². The van der Waals surface area contributed by atoms with Gasteiger partial charge in [-0.3, -0.25) is 9.59 Å². The topological polar surface area (TPSA) is 126 Å². The van der Waals surface area contributed by atoms with E-state index in [-0.39, 0.29) is 36.0 Å². The minimum Gasteiger partial charge on any atom is -0.481 e. The van der Waals surface area contributed by atoms with E-state index < -0.39 is 0 Å². The molecule has 2 aromatic heterocycles. The van der Waals surface area contributed by atoms with Crippen LogP contribution in [0.15, 0.2) is 60.7 Å². The lowest BCUT2D eigenvalue weighted by molar-refractivity contribution is -0.120. The van der Waals surface area contributed by atoms with Gasteiger partial charge in [0.25, 0.3) is 0 Å². The molecule has 0 aliphatic carbocycles. The molecular formula is C38H42Cl2N6O4. The second-order valence-corrected chi connectivity index (χ2v) is 13.5. The molecule has 4 atom stereocenters. The van der Waals surface area contributed by atoms with Crippen molar-refractivity contribution in [3.05, 3.63) is 81.8 Å². The van der Waals surface area contributed by atoms with Crippen LogP contribution in [0, 0.1) is 0 Å². The molecule has 2 aliphatic rings. The van der Waals surface area contributed by atoms with Gasteiger partial charge in [-0.2, -0.15) is 0 Å². The molecule has 10 nitrogen and oxygen atoms in total. The fourth-order valence-corrected chi connectivity index (χ4v) is 7.23. The van der Waals surface area contributed by atoms with E-state index in [0.717, 1.165) is 46.2 Å². The molecule has 4 heterocycles. The summed E-state index contributed by atoms with van der Waals surface area (Å²) in [5, 5.41) is 14.0. The molecule has 0 saturated carbocycles. The fourth-order valence-electron chi connectivity index (χ4n) is 6.58. The van der Waals surface area contributed by atoms with Crippen LogP contribution in [0.5, 0.6) is 11.8 Å². The van der Waals surface area contributed by atoms with E-state index in [4.69, 9.17) is 42.6 Å². The number of nitrogens with one attached hydrogen (secondary N) is 4. The molecule has 0 spiro atoms. The number of nitrogens with zero attached hydrogens (tertiary/aromatic N) is 2. The predicted molar refractivity (Wildman–Crippen MR) is 197 cm³/mol. The Kier molecular flexibility index (Phi) is 11.2. The Morgan fingerprint density at radius 2 is 1.08 bits per heavy atom. The van der Waals surface area contributed by atoms with Gasteiger partial charge in [-0.15, -0.1) is 0 Å². The quantitative estimate of drug-likeness (QED) is 0.121. The van der Waals surface area contributed by atoms with Gasteiger partial charge < -0.3 is 30.7 Å². The summed E-state index contributed by atoms with van der Waals surface area (Å²) in [6, 6.07) is 19.6. The van der Waals surface area contributed by atoms with Crippen molar-refractivity contribution in [3.63, 3.8) is 0 Å².